The van der Waals surface area contributed by atoms with Crippen LogP contribution in [0.2, 0.25) is 0 Å². The van der Waals surface area contributed by atoms with Crippen LogP contribution in [0.5, 0.6) is 0 Å². The molecule has 0 atom stereocenters. The lowest BCUT2D eigenvalue weighted by Gasteiger charge is -2.07. The molecule has 0 spiro atoms. The van der Waals surface area contributed by atoms with Crippen molar-refractivity contribution in [3.8, 4) is 0 Å². The van der Waals surface area contributed by atoms with Crippen molar-refractivity contribution in [2.75, 3.05) is 5.32 Å². The molecule has 2 heterocycles. The van der Waals surface area contributed by atoms with E-state index in [-0.39, 0.29) is 19.0 Å². The van der Waals surface area contributed by atoms with Crippen molar-refractivity contribution in [3.63, 3.8) is 0 Å². The van der Waals surface area contributed by atoms with Crippen LogP contribution in [0.25, 0.3) is 0 Å². The molecule has 0 unspecified atom stereocenters. The standard InChI is InChI=1S/C11H15F2N5.ClH/c1-3-17-7-8(2)10(16-17)14-6-9-4-5-15-18(9)11(12)13;/h4-5,7,11H,3,6H2,1-2H3,(H,14,16);1H. The molecule has 19 heavy (non-hydrogen) atoms. The summed E-state index contributed by atoms with van der Waals surface area (Å²) in [6.45, 7) is 2.34. The van der Waals surface area contributed by atoms with Gasteiger partial charge < -0.3 is 5.32 Å². The fourth-order valence-corrected chi connectivity index (χ4v) is 1.69. The predicted molar refractivity (Wildman–Crippen MR) is 70.7 cm³/mol. The van der Waals surface area contributed by atoms with E-state index >= 15 is 0 Å². The van der Waals surface area contributed by atoms with E-state index in [1.165, 1.54) is 6.20 Å². The summed E-state index contributed by atoms with van der Waals surface area (Å²) >= 11 is 0. The van der Waals surface area contributed by atoms with Gasteiger partial charge >= 0.3 is 6.55 Å². The molecule has 0 amide bonds. The second-order valence-electron chi connectivity index (χ2n) is 3.91. The van der Waals surface area contributed by atoms with Crippen LogP contribution < -0.4 is 5.32 Å². The molecular weight excluding hydrogens is 276 g/mol. The maximum absolute atomic E-state index is 12.6. The SMILES string of the molecule is CCn1cc(C)c(NCc2ccnn2C(F)F)n1.Cl. The Bertz CT molecular complexity index is 523. The number of aromatic nitrogens is 4. The summed E-state index contributed by atoms with van der Waals surface area (Å²) in [6, 6.07) is 1.56. The molecule has 1 N–H and O–H groups in total. The van der Waals surface area contributed by atoms with Gasteiger partial charge in [0.1, 0.15) is 0 Å². The van der Waals surface area contributed by atoms with Gasteiger partial charge in [0.05, 0.1) is 12.2 Å². The Morgan fingerprint density at radius 1 is 1.42 bits per heavy atom. The molecule has 0 saturated carbocycles. The summed E-state index contributed by atoms with van der Waals surface area (Å²) in [5, 5.41) is 10.9. The third-order valence-electron chi connectivity index (χ3n) is 2.64. The maximum Gasteiger partial charge on any atom is 0.333 e. The summed E-state index contributed by atoms with van der Waals surface area (Å²) in [5.41, 5.74) is 1.41. The lowest BCUT2D eigenvalue weighted by atomic mass is 10.3. The van der Waals surface area contributed by atoms with Crippen LogP contribution in [0.15, 0.2) is 18.5 Å². The van der Waals surface area contributed by atoms with Gasteiger partial charge in [0.15, 0.2) is 5.82 Å². The predicted octanol–water partition coefficient (Wildman–Crippen LogP) is 2.84. The molecule has 2 aromatic rings. The molecule has 8 heteroatoms. The van der Waals surface area contributed by atoms with E-state index < -0.39 is 6.55 Å². The number of hydrogen-bond donors (Lipinski definition) is 1. The van der Waals surface area contributed by atoms with Crippen LogP contribution in [0.3, 0.4) is 0 Å². The largest absolute Gasteiger partial charge is 0.363 e. The first-order valence-electron chi connectivity index (χ1n) is 5.70. The number of anilines is 1. The number of nitrogens with one attached hydrogen (secondary N) is 1. The molecule has 0 radical (unpaired) electrons. The zero-order valence-electron chi connectivity index (χ0n) is 10.7. The number of hydrogen-bond acceptors (Lipinski definition) is 3. The van der Waals surface area contributed by atoms with Crippen LogP contribution in [0.1, 0.15) is 24.7 Å². The smallest absolute Gasteiger partial charge is 0.333 e. The third-order valence-corrected chi connectivity index (χ3v) is 2.64. The number of halogens is 3. The fraction of sp³-hybridized carbons (Fsp3) is 0.455. The van der Waals surface area contributed by atoms with Crippen molar-refractivity contribution in [1.29, 1.82) is 0 Å². The Morgan fingerprint density at radius 3 is 2.74 bits per heavy atom. The van der Waals surface area contributed by atoms with Gasteiger partial charge in [-0.05, 0) is 19.9 Å². The number of alkyl halides is 2. The zero-order valence-corrected chi connectivity index (χ0v) is 11.5. The summed E-state index contributed by atoms with van der Waals surface area (Å²) in [6.07, 6.45) is 3.27. The Kier molecular flexibility index (Phi) is 5.29. The first-order valence-corrected chi connectivity index (χ1v) is 5.70. The van der Waals surface area contributed by atoms with Crippen molar-refractivity contribution >= 4 is 18.2 Å². The molecule has 106 valence electrons. The lowest BCUT2D eigenvalue weighted by Crippen LogP contribution is -2.10. The summed E-state index contributed by atoms with van der Waals surface area (Å²) < 4.78 is 27.6. The molecule has 0 saturated heterocycles. The first kappa shape index (κ1) is 15.4. The fourth-order valence-electron chi connectivity index (χ4n) is 1.69. The highest BCUT2D eigenvalue weighted by molar-refractivity contribution is 5.85. The minimum atomic E-state index is -2.62. The highest BCUT2D eigenvalue weighted by Gasteiger charge is 2.12. The van der Waals surface area contributed by atoms with E-state index in [0.717, 1.165) is 12.1 Å². The minimum Gasteiger partial charge on any atom is -0.363 e. The van der Waals surface area contributed by atoms with Crippen LogP contribution in [-0.2, 0) is 13.1 Å². The molecule has 0 bridgehead atoms. The molecule has 0 fully saturated rings. The highest BCUT2D eigenvalue weighted by Crippen LogP contribution is 2.15. The van der Waals surface area contributed by atoms with Crippen molar-refractivity contribution in [1.82, 2.24) is 19.6 Å². The Balaban J connectivity index is 0.00000180. The normalized spacial score (nSPS) is 10.6. The number of aryl methyl sites for hydroxylation is 2. The van der Waals surface area contributed by atoms with Crippen molar-refractivity contribution < 1.29 is 8.78 Å². The number of nitrogens with zero attached hydrogens (tertiary/aromatic N) is 4. The maximum atomic E-state index is 12.6. The lowest BCUT2D eigenvalue weighted by molar-refractivity contribution is 0.0537. The van der Waals surface area contributed by atoms with E-state index in [9.17, 15) is 8.78 Å². The van der Waals surface area contributed by atoms with E-state index in [2.05, 4.69) is 15.5 Å². The summed E-state index contributed by atoms with van der Waals surface area (Å²) in [7, 11) is 0. The topological polar surface area (TPSA) is 47.7 Å². The Hall–Kier alpha value is -1.63. The van der Waals surface area contributed by atoms with E-state index in [0.29, 0.717) is 16.2 Å². The van der Waals surface area contributed by atoms with Crippen LogP contribution >= 0.6 is 12.4 Å². The van der Waals surface area contributed by atoms with Crippen molar-refractivity contribution in [2.24, 2.45) is 0 Å². The Labute approximate surface area is 116 Å². The van der Waals surface area contributed by atoms with Gasteiger partial charge in [0, 0.05) is 24.5 Å². The third kappa shape index (κ3) is 3.44. The molecule has 2 rings (SSSR count). The van der Waals surface area contributed by atoms with Crippen molar-refractivity contribution in [2.45, 2.75) is 33.5 Å². The molecular formula is C11H16ClF2N5. The van der Waals surface area contributed by atoms with Gasteiger partial charge in [0.2, 0.25) is 0 Å². The quantitative estimate of drug-likeness (QED) is 0.921. The monoisotopic (exact) mass is 291 g/mol. The molecule has 0 aliphatic carbocycles. The van der Waals surface area contributed by atoms with Gasteiger partial charge in [-0.2, -0.15) is 19.0 Å². The Morgan fingerprint density at radius 2 is 2.16 bits per heavy atom. The van der Waals surface area contributed by atoms with Crippen LogP contribution in [0.4, 0.5) is 14.6 Å². The van der Waals surface area contributed by atoms with Gasteiger partial charge in [-0.1, -0.05) is 0 Å². The van der Waals surface area contributed by atoms with Gasteiger partial charge in [0.25, 0.3) is 0 Å². The van der Waals surface area contributed by atoms with Gasteiger partial charge in [-0.25, -0.2) is 4.68 Å². The molecule has 5 nitrogen and oxygen atoms in total. The average Bonchev–Trinajstić information content (AvgIpc) is 2.92. The molecule has 0 aliphatic heterocycles. The van der Waals surface area contributed by atoms with Crippen LogP contribution in [-0.4, -0.2) is 19.6 Å². The number of rotatable bonds is 5. The van der Waals surface area contributed by atoms with Gasteiger partial charge in [-0.3, -0.25) is 4.68 Å². The first-order chi connectivity index (χ1) is 8.61. The second kappa shape index (κ2) is 6.51. The van der Waals surface area contributed by atoms with Gasteiger partial charge in [-0.15, -0.1) is 12.4 Å². The minimum absolute atomic E-state index is 0. The second-order valence-corrected chi connectivity index (χ2v) is 3.91. The highest BCUT2D eigenvalue weighted by atomic mass is 35.5. The van der Waals surface area contributed by atoms with E-state index in [4.69, 9.17) is 0 Å². The molecule has 2 aromatic heterocycles. The van der Waals surface area contributed by atoms with Crippen molar-refractivity contribution in [3.05, 3.63) is 29.7 Å². The van der Waals surface area contributed by atoms with Crippen LogP contribution in [0, 0.1) is 6.92 Å². The summed E-state index contributed by atoms with van der Waals surface area (Å²) in [5.74, 6) is 0.707. The summed E-state index contributed by atoms with van der Waals surface area (Å²) in [4.78, 5) is 0. The average molecular weight is 292 g/mol. The zero-order chi connectivity index (χ0) is 13.1. The van der Waals surface area contributed by atoms with E-state index in [1.807, 2.05) is 20.0 Å². The van der Waals surface area contributed by atoms with E-state index in [1.54, 1.807) is 10.7 Å². The molecule has 0 aromatic carbocycles. The molecule has 0 aliphatic rings.